The number of nitriles is 1. The Balaban J connectivity index is 2.18. The maximum Gasteiger partial charge on any atom is 0.313 e. The van der Waals surface area contributed by atoms with Crippen LogP contribution in [0.25, 0.3) is 0 Å². The zero-order valence-electron chi connectivity index (χ0n) is 11.9. The molecule has 2 unspecified atom stereocenters. The second-order valence-electron chi connectivity index (χ2n) is 5.09. The summed E-state index contributed by atoms with van der Waals surface area (Å²) in [4.78, 5) is 11.7. The second kappa shape index (κ2) is 6.06. The number of carbonyl (C=O) groups is 1. The topological polar surface area (TPSA) is 59.3 Å². The van der Waals surface area contributed by atoms with Gasteiger partial charge in [-0.15, -0.1) is 0 Å². The molecular weight excluding hydrogens is 254 g/mol. The van der Waals surface area contributed by atoms with Crippen LogP contribution in [0.5, 0.6) is 0 Å². The zero-order valence-corrected chi connectivity index (χ0v) is 11.9. The van der Waals surface area contributed by atoms with E-state index in [0.717, 1.165) is 17.5 Å². The predicted octanol–water partition coefficient (Wildman–Crippen LogP) is 2.53. The summed E-state index contributed by atoms with van der Waals surface area (Å²) in [5.41, 5.74) is 1.32. The van der Waals surface area contributed by atoms with Gasteiger partial charge in [-0.25, -0.2) is 0 Å². The summed E-state index contributed by atoms with van der Waals surface area (Å²) in [7, 11) is 0. The SMILES string of the molecule is CCOC(=O)C(C)c1ccc(C2(C#N)CCOC2)cc1. The summed E-state index contributed by atoms with van der Waals surface area (Å²) in [6.45, 7) is 5.07. The maximum absolute atomic E-state index is 11.7. The van der Waals surface area contributed by atoms with Gasteiger partial charge in [-0.05, 0) is 31.4 Å². The first-order valence-electron chi connectivity index (χ1n) is 6.89. The van der Waals surface area contributed by atoms with E-state index in [0.29, 0.717) is 19.8 Å². The summed E-state index contributed by atoms with van der Waals surface area (Å²) in [5.74, 6) is -0.513. The highest BCUT2D eigenvalue weighted by molar-refractivity contribution is 5.77. The summed E-state index contributed by atoms with van der Waals surface area (Å²) >= 11 is 0. The average Bonchev–Trinajstić information content (AvgIpc) is 2.97. The molecule has 0 bridgehead atoms. The van der Waals surface area contributed by atoms with Crippen LogP contribution < -0.4 is 0 Å². The molecule has 1 aromatic rings. The number of benzene rings is 1. The van der Waals surface area contributed by atoms with Crippen LogP contribution in [0.4, 0.5) is 0 Å². The molecule has 1 saturated heterocycles. The molecule has 0 radical (unpaired) electrons. The van der Waals surface area contributed by atoms with Crippen LogP contribution in [0, 0.1) is 11.3 Å². The molecule has 1 aliphatic heterocycles. The van der Waals surface area contributed by atoms with Crippen LogP contribution in [0.1, 0.15) is 37.3 Å². The molecule has 106 valence electrons. The van der Waals surface area contributed by atoms with E-state index < -0.39 is 5.41 Å². The van der Waals surface area contributed by atoms with Crippen molar-refractivity contribution >= 4 is 5.97 Å². The van der Waals surface area contributed by atoms with Crippen LogP contribution >= 0.6 is 0 Å². The fraction of sp³-hybridized carbons (Fsp3) is 0.500. The third kappa shape index (κ3) is 2.68. The number of hydrogen-bond acceptors (Lipinski definition) is 4. The molecule has 1 aliphatic rings. The minimum Gasteiger partial charge on any atom is -0.466 e. The van der Waals surface area contributed by atoms with Crippen molar-refractivity contribution < 1.29 is 14.3 Å². The normalized spacial score (nSPS) is 23.1. The fourth-order valence-electron chi connectivity index (χ4n) is 2.44. The molecule has 2 atom stereocenters. The largest absolute Gasteiger partial charge is 0.466 e. The summed E-state index contributed by atoms with van der Waals surface area (Å²) in [6, 6.07) is 10.0. The van der Waals surface area contributed by atoms with Crippen molar-refractivity contribution in [2.24, 2.45) is 0 Å². The van der Waals surface area contributed by atoms with Crippen LogP contribution in [-0.2, 0) is 19.7 Å². The highest BCUT2D eigenvalue weighted by Gasteiger charge is 2.37. The van der Waals surface area contributed by atoms with Crippen molar-refractivity contribution in [1.82, 2.24) is 0 Å². The number of ether oxygens (including phenoxy) is 2. The van der Waals surface area contributed by atoms with Crippen molar-refractivity contribution in [3.05, 3.63) is 35.4 Å². The van der Waals surface area contributed by atoms with Crippen molar-refractivity contribution in [1.29, 1.82) is 5.26 Å². The predicted molar refractivity (Wildman–Crippen MR) is 74.2 cm³/mol. The number of rotatable bonds is 4. The molecule has 0 amide bonds. The molecule has 0 N–H and O–H groups in total. The van der Waals surface area contributed by atoms with Crippen molar-refractivity contribution in [3.8, 4) is 6.07 Å². The molecule has 4 heteroatoms. The number of nitrogens with zero attached hydrogens (tertiary/aromatic N) is 1. The Morgan fingerprint density at radius 1 is 1.50 bits per heavy atom. The summed E-state index contributed by atoms with van der Waals surface area (Å²) < 4.78 is 10.4. The van der Waals surface area contributed by atoms with E-state index in [1.54, 1.807) is 6.92 Å². The lowest BCUT2D eigenvalue weighted by Gasteiger charge is -2.20. The quantitative estimate of drug-likeness (QED) is 0.791. The van der Waals surface area contributed by atoms with E-state index in [-0.39, 0.29) is 11.9 Å². The fourth-order valence-corrected chi connectivity index (χ4v) is 2.44. The van der Waals surface area contributed by atoms with Gasteiger partial charge in [0.15, 0.2) is 0 Å². The smallest absolute Gasteiger partial charge is 0.313 e. The van der Waals surface area contributed by atoms with Crippen molar-refractivity contribution in [3.63, 3.8) is 0 Å². The minimum absolute atomic E-state index is 0.223. The monoisotopic (exact) mass is 273 g/mol. The number of hydrogen-bond donors (Lipinski definition) is 0. The van der Waals surface area contributed by atoms with E-state index >= 15 is 0 Å². The summed E-state index contributed by atoms with van der Waals surface area (Å²) in [5, 5.41) is 9.40. The molecule has 0 aliphatic carbocycles. The molecular formula is C16H19NO3. The molecule has 1 fully saturated rings. The molecule has 0 aromatic heterocycles. The average molecular weight is 273 g/mol. The number of esters is 1. The van der Waals surface area contributed by atoms with Crippen LogP contribution in [0.2, 0.25) is 0 Å². The molecule has 4 nitrogen and oxygen atoms in total. The minimum atomic E-state index is -0.536. The Labute approximate surface area is 119 Å². The van der Waals surface area contributed by atoms with Crippen molar-refractivity contribution in [2.75, 3.05) is 19.8 Å². The lowest BCUT2D eigenvalue weighted by molar-refractivity contribution is -0.144. The molecule has 0 spiro atoms. The van der Waals surface area contributed by atoms with Gasteiger partial charge in [0, 0.05) is 6.61 Å². The molecule has 2 rings (SSSR count). The number of carbonyl (C=O) groups excluding carboxylic acids is 1. The molecule has 20 heavy (non-hydrogen) atoms. The third-order valence-corrected chi connectivity index (χ3v) is 3.84. The van der Waals surface area contributed by atoms with Gasteiger partial charge in [0.05, 0.1) is 25.2 Å². The van der Waals surface area contributed by atoms with Gasteiger partial charge in [0.2, 0.25) is 0 Å². The van der Waals surface area contributed by atoms with E-state index in [1.165, 1.54) is 0 Å². The molecule has 1 heterocycles. The second-order valence-corrected chi connectivity index (χ2v) is 5.09. The van der Waals surface area contributed by atoms with E-state index in [9.17, 15) is 10.1 Å². The first-order chi connectivity index (χ1) is 9.63. The van der Waals surface area contributed by atoms with Gasteiger partial charge in [-0.1, -0.05) is 24.3 Å². The van der Waals surface area contributed by atoms with E-state index in [2.05, 4.69) is 6.07 Å². The van der Waals surface area contributed by atoms with Crippen LogP contribution in [0.15, 0.2) is 24.3 Å². The Kier molecular flexibility index (Phi) is 4.41. The Hall–Kier alpha value is -1.86. The Morgan fingerprint density at radius 3 is 2.70 bits per heavy atom. The lowest BCUT2D eigenvalue weighted by atomic mass is 9.80. The highest BCUT2D eigenvalue weighted by atomic mass is 16.5. The third-order valence-electron chi connectivity index (χ3n) is 3.84. The van der Waals surface area contributed by atoms with Gasteiger partial charge in [0.1, 0.15) is 5.41 Å². The molecule has 1 aromatic carbocycles. The van der Waals surface area contributed by atoms with E-state index in [4.69, 9.17) is 9.47 Å². The first kappa shape index (κ1) is 14.5. The van der Waals surface area contributed by atoms with Gasteiger partial charge in [-0.3, -0.25) is 4.79 Å². The van der Waals surface area contributed by atoms with Crippen LogP contribution in [-0.4, -0.2) is 25.8 Å². The van der Waals surface area contributed by atoms with Gasteiger partial charge in [-0.2, -0.15) is 5.26 Å². The summed E-state index contributed by atoms with van der Waals surface area (Å²) in [6.07, 6.45) is 0.719. The molecule has 0 saturated carbocycles. The zero-order chi connectivity index (χ0) is 14.6. The van der Waals surface area contributed by atoms with E-state index in [1.807, 2.05) is 31.2 Å². The first-order valence-corrected chi connectivity index (χ1v) is 6.89. The standard InChI is InChI=1S/C16H19NO3/c1-3-20-15(18)12(2)13-4-6-14(7-5-13)16(10-17)8-9-19-11-16/h4-7,12H,3,8-9,11H2,1-2H3. The van der Waals surface area contributed by atoms with Gasteiger partial charge >= 0.3 is 5.97 Å². The Bertz CT molecular complexity index is 510. The lowest BCUT2D eigenvalue weighted by Crippen LogP contribution is -2.24. The van der Waals surface area contributed by atoms with Crippen molar-refractivity contribution in [2.45, 2.75) is 31.6 Å². The highest BCUT2D eigenvalue weighted by Crippen LogP contribution is 2.33. The van der Waals surface area contributed by atoms with Gasteiger partial charge in [0.25, 0.3) is 0 Å². The van der Waals surface area contributed by atoms with Gasteiger partial charge < -0.3 is 9.47 Å². The van der Waals surface area contributed by atoms with Crippen LogP contribution in [0.3, 0.4) is 0 Å². The Morgan fingerprint density at radius 2 is 2.20 bits per heavy atom. The maximum atomic E-state index is 11.7.